The molecule has 0 radical (unpaired) electrons. The summed E-state index contributed by atoms with van der Waals surface area (Å²) in [5.74, 6) is -0.407. The third-order valence-electron chi connectivity index (χ3n) is 4.70. The number of sulfonamides is 1. The van der Waals surface area contributed by atoms with E-state index in [1.807, 2.05) is 30.3 Å². The molecule has 3 rings (SSSR count). The maximum Gasteiger partial charge on any atom is 0.249 e. The van der Waals surface area contributed by atoms with Crippen LogP contribution in [0.2, 0.25) is 0 Å². The predicted octanol–water partition coefficient (Wildman–Crippen LogP) is -0.482. The van der Waals surface area contributed by atoms with Gasteiger partial charge in [0.25, 0.3) is 0 Å². The van der Waals surface area contributed by atoms with Crippen molar-refractivity contribution in [3.8, 4) is 0 Å². The minimum Gasteiger partial charge on any atom is -0.369 e. The summed E-state index contributed by atoms with van der Waals surface area (Å²) in [5, 5.41) is 0. The van der Waals surface area contributed by atoms with Crippen LogP contribution < -0.4 is 0 Å². The number of carbonyl (C=O) groups is 2. The van der Waals surface area contributed by atoms with Gasteiger partial charge in [-0.3, -0.25) is 9.59 Å². The molecule has 0 aliphatic carbocycles. The van der Waals surface area contributed by atoms with Crippen LogP contribution in [0.3, 0.4) is 0 Å². The fourth-order valence-corrected chi connectivity index (χ4v) is 4.07. The van der Waals surface area contributed by atoms with Crippen molar-refractivity contribution >= 4 is 21.8 Å². The summed E-state index contributed by atoms with van der Waals surface area (Å²) in [6, 6.07) is 8.82. The van der Waals surface area contributed by atoms with Crippen LogP contribution in [0.25, 0.3) is 0 Å². The lowest BCUT2D eigenvalue weighted by atomic mass is 10.1. The number of nitrogens with zero attached hydrogens (tertiary/aromatic N) is 3. The first-order chi connectivity index (χ1) is 12.4. The Bertz CT molecular complexity index is 760. The zero-order chi connectivity index (χ0) is 18.7. The molecule has 1 aromatic carbocycles. The van der Waals surface area contributed by atoms with Crippen LogP contribution in [0, 0.1) is 0 Å². The Morgan fingerprint density at radius 2 is 1.81 bits per heavy atom. The molecule has 9 heteroatoms. The molecule has 2 aliphatic rings. The van der Waals surface area contributed by atoms with Gasteiger partial charge in [0.15, 0.2) is 0 Å². The summed E-state index contributed by atoms with van der Waals surface area (Å²) in [6.07, 6.45) is 1.17. The Kier molecular flexibility index (Phi) is 5.59. The molecule has 0 bridgehead atoms. The van der Waals surface area contributed by atoms with Gasteiger partial charge in [0.2, 0.25) is 21.8 Å². The summed E-state index contributed by atoms with van der Waals surface area (Å²) >= 11 is 0. The summed E-state index contributed by atoms with van der Waals surface area (Å²) in [7, 11) is -3.25. The van der Waals surface area contributed by atoms with E-state index in [9.17, 15) is 18.0 Å². The van der Waals surface area contributed by atoms with Crippen molar-refractivity contribution in [3.05, 3.63) is 35.9 Å². The molecule has 0 spiro atoms. The molecule has 1 atom stereocenters. The van der Waals surface area contributed by atoms with Crippen LogP contribution in [-0.2, 0) is 30.9 Å². The van der Waals surface area contributed by atoms with Gasteiger partial charge < -0.3 is 14.5 Å². The molecule has 8 nitrogen and oxygen atoms in total. The molecule has 0 aromatic heterocycles. The highest BCUT2D eigenvalue weighted by atomic mass is 32.2. The quantitative estimate of drug-likeness (QED) is 0.703. The molecule has 0 N–H and O–H groups in total. The number of rotatable bonds is 4. The standard InChI is InChI=1S/C17H23N3O5S/c1-26(23,24)19-9-7-18(8-10-19)17(22)15-12-25-13-16(21)20(15)11-14-5-3-2-4-6-14/h2-6,15H,7-13H2,1H3/t15-/m0/s1. The monoisotopic (exact) mass is 381 g/mol. The zero-order valence-electron chi connectivity index (χ0n) is 14.7. The first kappa shape index (κ1) is 18.8. The van der Waals surface area contributed by atoms with Crippen LogP contribution in [0.5, 0.6) is 0 Å². The van der Waals surface area contributed by atoms with Crippen molar-refractivity contribution in [2.24, 2.45) is 0 Å². The zero-order valence-corrected chi connectivity index (χ0v) is 15.5. The molecule has 2 amide bonds. The Labute approximate surface area is 153 Å². The SMILES string of the molecule is CS(=O)(=O)N1CCN(C(=O)[C@@H]2COCC(=O)N2Cc2ccccc2)CC1. The van der Waals surface area contributed by atoms with Crippen molar-refractivity contribution in [2.45, 2.75) is 12.6 Å². The number of hydrogen-bond donors (Lipinski definition) is 0. The van der Waals surface area contributed by atoms with Crippen molar-refractivity contribution in [3.63, 3.8) is 0 Å². The van der Waals surface area contributed by atoms with E-state index in [0.29, 0.717) is 19.6 Å². The summed E-state index contributed by atoms with van der Waals surface area (Å²) in [4.78, 5) is 28.4. The van der Waals surface area contributed by atoms with Gasteiger partial charge in [-0.1, -0.05) is 30.3 Å². The van der Waals surface area contributed by atoms with Gasteiger partial charge in [-0.05, 0) is 5.56 Å². The smallest absolute Gasteiger partial charge is 0.249 e. The lowest BCUT2D eigenvalue weighted by molar-refractivity contribution is -0.160. The Morgan fingerprint density at radius 3 is 2.42 bits per heavy atom. The highest BCUT2D eigenvalue weighted by Gasteiger charge is 2.38. The van der Waals surface area contributed by atoms with E-state index in [1.54, 1.807) is 9.80 Å². The van der Waals surface area contributed by atoms with Crippen LogP contribution >= 0.6 is 0 Å². The van der Waals surface area contributed by atoms with Crippen LogP contribution in [0.15, 0.2) is 30.3 Å². The van der Waals surface area contributed by atoms with Crippen molar-refractivity contribution in [2.75, 3.05) is 45.6 Å². The molecule has 2 aliphatic heterocycles. The molecular weight excluding hydrogens is 358 g/mol. The van der Waals surface area contributed by atoms with Gasteiger partial charge in [0, 0.05) is 32.7 Å². The van der Waals surface area contributed by atoms with Crippen molar-refractivity contribution in [1.82, 2.24) is 14.1 Å². The van der Waals surface area contributed by atoms with Gasteiger partial charge in [-0.15, -0.1) is 0 Å². The second-order valence-electron chi connectivity index (χ2n) is 6.53. The molecule has 142 valence electrons. The van der Waals surface area contributed by atoms with Gasteiger partial charge in [0.1, 0.15) is 12.6 Å². The van der Waals surface area contributed by atoms with E-state index in [4.69, 9.17) is 4.74 Å². The van der Waals surface area contributed by atoms with Crippen LogP contribution in [-0.4, -0.2) is 86.0 Å². The fourth-order valence-electron chi connectivity index (χ4n) is 3.24. The minimum atomic E-state index is -3.25. The van der Waals surface area contributed by atoms with Gasteiger partial charge in [0.05, 0.1) is 12.9 Å². The highest BCUT2D eigenvalue weighted by Crippen LogP contribution is 2.17. The van der Waals surface area contributed by atoms with Crippen LogP contribution in [0.1, 0.15) is 5.56 Å². The number of ether oxygens (including phenoxy) is 1. The average Bonchev–Trinajstić information content (AvgIpc) is 2.63. The predicted molar refractivity (Wildman–Crippen MR) is 94.6 cm³/mol. The van der Waals surface area contributed by atoms with E-state index in [2.05, 4.69) is 0 Å². The van der Waals surface area contributed by atoms with Gasteiger partial charge in [-0.2, -0.15) is 4.31 Å². The third kappa shape index (κ3) is 4.22. The Morgan fingerprint density at radius 1 is 1.15 bits per heavy atom. The Hall–Kier alpha value is -1.97. The largest absolute Gasteiger partial charge is 0.369 e. The normalized spacial score (nSPS) is 22.5. The number of hydrogen-bond acceptors (Lipinski definition) is 5. The number of benzene rings is 1. The van der Waals surface area contributed by atoms with E-state index in [1.165, 1.54) is 10.6 Å². The second kappa shape index (κ2) is 7.73. The lowest BCUT2D eigenvalue weighted by Gasteiger charge is -2.40. The highest BCUT2D eigenvalue weighted by molar-refractivity contribution is 7.88. The van der Waals surface area contributed by atoms with Gasteiger partial charge >= 0.3 is 0 Å². The van der Waals surface area contributed by atoms with Crippen molar-refractivity contribution < 1.29 is 22.7 Å². The second-order valence-corrected chi connectivity index (χ2v) is 8.51. The number of morpholine rings is 1. The average molecular weight is 381 g/mol. The molecule has 2 fully saturated rings. The van der Waals surface area contributed by atoms with Gasteiger partial charge in [-0.25, -0.2) is 8.42 Å². The molecule has 0 unspecified atom stereocenters. The maximum absolute atomic E-state index is 12.9. The number of amides is 2. The molecule has 0 saturated carbocycles. The summed E-state index contributed by atoms with van der Waals surface area (Å²) in [5.41, 5.74) is 0.947. The minimum absolute atomic E-state index is 0.0293. The van der Waals surface area contributed by atoms with Crippen molar-refractivity contribution in [1.29, 1.82) is 0 Å². The van der Waals surface area contributed by atoms with E-state index in [0.717, 1.165) is 5.56 Å². The summed E-state index contributed by atoms with van der Waals surface area (Å²) in [6.45, 7) is 1.64. The molecule has 26 heavy (non-hydrogen) atoms. The van der Waals surface area contributed by atoms with E-state index >= 15 is 0 Å². The van der Waals surface area contributed by atoms with E-state index in [-0.39, 0.29) is 38.1 Å². The number of piperazine rings is 1. The maximum atomic E-state index is 12.9. The third-order valence-corrected chi connectivity index (χ3v) is 6.00. The van der Waals surface area contributed by atoms with Crippen LogP contribution in [0.4, 0.5) is 0 Å². The first-order valence-corrected chi connectivity index (χ1v) is 10.4. The number of carbonyl (C=O) groups excluding carboxylic acids is 2. The molecule has 1 aromatic rings. The summed E-state index contributed by atoms with van der Waals surface area (Å²) < 4.78 is 29.9. The molecule has 2 heterocycles. The fraction of sp³-hybridized carbons (Fsp3) is 0.529. The Balaban J connectivity index is 1.69. The lowest BCUT2D eigenvalue weighted by Crippen LogP contribution is -2.59. The molecule has 2 saturated heterocycles. The first-order valence-electron chi connectivity index (χ1n) is 8.51. The van der Waals surface area contributed by atoms with E-state index < -0.39 is 16.1 Å². The topological polar surface area (TPSA) is 87.2 Å². The molecular formula is C17H23N3O5S.